The summed E-state index contributed by atoms with van der Waals surface area (Å²) in [5.41, 5.74) is 0. The summed E-state index contributed by atoms with van der Waals surface area (Å²) in [6.07, 6.45) is -0.773. The van der Waals surface area contributed by atoms with Crippen molar-refractivity contribution in [3.8, 4) is 0 Å². The molecule has 6 heteroatoms. The van der Waals surface area contributed by atoms with E-state index in [1.807, 2.05) is 0 Å². The monoisotopic (exact) mass is 195 g/mol. The molecule has 0 spiro atoms. The summed E-state index contributed by atoms with van der Waals surface area (Å²) in [7, 11) is 0. The number of carboxylic acids is 1. The van der Waals surface area contributed by atoms with Crippen molar-refractivity contribution in [1.29, 1.82) is 0 Å². The Bertz CT molecular complexity index is 173. The molecule has 0 saturated carbocycles. The van der Waals surface area contributed by atoms with E-state index in [1.165, 1.54) is 6.92 Å². The van der Waals surface area contributed by atoms with Gasteiger partial charge in [0.25, 0.3) is 0 Å². The van der Waals surface area contributed by atoms with Gasteiger partial charge in [-0.15, -0.1) is 11.6 Å². The molecule has 0 aliphatic heterocycles. The first-order chi connectivity index (χ1) is 5.57. The first-order valence-electron chi connectivity index (χ1n) is 3.30. The Labute approximate surface area is 74.6 Å². The highest BCUT2D eigenvalue weighted by molar-refractivity contribution is 6.18. The Hall–Kier alpha value is -0.970. The highest BCUT2D eigenvalue weighted by Crippen LogP contribution is 1.85. The molecule has 0 aliphatic carbocycles. The van der Waals surface area contributed by atoms with Gasteiger partial charge in [0.1, 0.15) is 12.6 Å². The fourth-order valence-electron chi connectivity index (χ4n) is 0.411. The average Bonchev–Trinajstić information content (AvgIpc) is 2.00. The van der Waals surface area contributed by atoms with E-state index in [0.29, 0.717) is 0 Å². The minimum Gasteiger partial charge on any atom is -0.480 e. The lowest BCUT2D eigenvalue weighted by Crippen LogP contribution is -2.38. The molecule has 0 unspecified atom stereocenters. The van der Waals surface area contributed by atoms with Crippen LogP contribution in [0, 0.1) is 0 Å². The quantitative estimate of drug-likeness (QED) is 0.638. The molecule has 0 rings (SSSR count). The number of hydrogen-bond acceptors (Lipinski definition) is 3. The molecule has 0 radical (unpaired) electrons. The molecule has 0 saturated heterocycles. The predicted molar refractivity (Wildman–Crippen MR) is 42.3 cm³/mol. The third kappa shape index (κ3) is 4.79. The van der Waals surface area contributed by atoms with Crippen LogP contribution in [0.15, 0.2) is 0 Å². The molecule has 0 aromatic heterocycles. The second-order valence-corrected chi connectivity index (χ2v) is 2.41. The second-order valence-electron chi connectivity index (χ2n) is 2.03. The summed E-state index contributed by atoms with van der Waals surface area (Å²) in [5.74, 6) is -0.924. The Morgan fingerprint density at radius 1 is 1.67 bits per heavy atom. The van der Waals surface area contributed by atoms with E-state index < -0.39 is 18.1 Å². The number of ether oxygens (including phenoxy) is 1. The van der Waals surface area contributed by atoms with Crippen LogP contribution in [-0.4, -0.2) is 35.7 Å². The van der Waals surface area contributed by atoms with Crippen molar-refractivity contribution in [3.05, 3.63) is 0 Å². The number of amides is 1. The van der Waals surface area contributed by atoms with Crippen molar-refractivity contribution < 1.29 is 19.4 Å². The van der Waals surface area contributed by atoms with Crippen molar-refractivity contribution in [2.75, 3.05) is 12.5 Å². The van der Waals surface area contributed by atoms with E-state index in [2.05, 4.69) is 10.1 Å². The van der Waals surface area contributed by atoms with Crippen LogP contribution in [0.25, 0.3) is 0 Å². The number of carboxylic acid groups (broad SMARTS) is 1. The number of halogens is 1. The van der Waals surface area contributed by atoms with Crippen LogP contribution >= 0.6 is 11.6 Å². The smallest absolute Gasteiger partial charge is 0.407 e. The van der Waals surface area contributed by atoms with Gasteiger partial charge in [-0.25, -0.2) is 4.79 Å². The van der Waals surface area contributed by atoms with E-state index >= 15 is 0 Å². The summed E-state index contributed by atoms with van der Waals surface area (Å²) in [6.45, 7) is 1.41. The SMILES string of the molecule is C[C@@H](NC(=O)OCCCl)C(=O)O. The summed E-state index contributed by atoms with van der Waals surface area (Å²) >= 11 is 5.22. The van der Waals surface area contributed by atoms with Gasteiger partial charge in [-0.2, -0.15) is 0 Å². The van der Waals surface area contributed by atoms with E-state index in [9.17, 15) is 9.59 Å². The van der Waals surface area contributed by atoms with Gasteiger partial charge in [-0.05, 0) is 6.92 Å². The van der Waals surface area contributed by atoms with Crippen LogP contribution < -0.4 is 5.32 Å². The molecule has 0 bridgehead atoms. The van der Waals surface area contributed by atoms with Gasteiger partial charge in [0.2, 0.25) is 0 Å². The maximum atomic E-state index is 10.7. The zero-order valence-corrected chi connectivity index (χ0v) is 7.30. The fourth-order valence-corrected chi connectivity index (χ4v) is 0.489. The van der Waals surface area contributed by atoms with E-state index in [0.717, 1.165) is 0 Å². The van der Waals surface area contributed by atoms with E-state index in [-0.39, 0.29) is 12.5 Å². The number of alkyl carbamates (subject to hydrolysis) is 1. The van der Waals surface area contributed by atoms with Gasteiger partial charge >= 0.3 is 12.1 Å². The fraction of sp³-hybridized carbons (Fsp3) is 0.667. The molecular formula is C6H10ClNO4. The lowest BCUT2D eigenvalue weighted by molar-refractivity contribution is -0.138. The van der Waals surface area contributed by atoms with Crippen LogP contribution in [0.4, 0.5) is 4.79 Å². The molecule has 0 aromatic rings. The molecule has 0 fully saturated rings. The van der Waals surface area contributed by atoms with Gasteiger partial charge < -0.3 is 15.2 Å². The molecule has 1 amide bonds. The summed E-state index contributed by atoms with van der Waals surface area (Å²) < 4.78 is 4.47. The molecule has 2 N–H and O–H groups in total. The Balaban J connectivity index is 3.61. The summed E-state index contributed by atoms with van der Waals surface area (Å²) in [4.78, 5) is 20.9. The molecule has 0 aliphatic rings. The first kappa shape index (κ1) is 11.0. The second kappa shape index (κ2) is 5.65. The third-order valence-electron chi connectivity index (χ3n) is 1.02. The Morgan fingerprint density at radius 3 is 2.67 bits per heavy atom. The van der Waals surface area contributed by atoms with Gasteiger partial charge in [0.15, 0.2) is 0 Å². The normalized spacial score (nSPS) is 11.8. The minimum absolute atomic E-state index is 0.0692. The van der Waals surface area contributed by atoms with Gasteiger partial charge in [0, 0.05) is 0 Å². The first-order valence-corrected chi connectivity index (χ1v) is 3.83. The third-order valence-corrected chi connectivity index (χ3v) is 1.17. The molecule has 12 heavy (non-hydrogen) atoms. The topological polar surface area (TPSA) is 75.6 Å². The molecule has 1 atom stereocenters. The highest BCUT2D eigenvalue weighted by Gasteiger charge is 2.13. The minimum atomic E-state index is -1.11. The number of carbonyl (C=O) groups is 2. The average molecular weight is 196 g/mol. The van der Waals surface area contributed by atoms with E-state index in [1.54, 1.807) is 0 Å². The largest absolute Gasteiger partial charge is 0.480 e. The lowest BCUT2D eigenvalue weighted by Gasteiger charge is -2.08. The highest BCUT2D eigenvalue weighted by atomic mass is 35.5. The number of hydrogen-bond donors (Lipinski definition) is 2. The number of carbonyl (C=O) groups excluding carboxylic acids is 1. The van der Waals surface area contributed by atoms with E-state index in [4.69, 9.17) is 16.7 Å². The maximum Gasteiger partial charge on any atom is 0.407 e. The molecule has 0 aromatic carbocycles. The van der Waals surface area contributed by atoms with Crippen LogP contribution in [-0.2, 0) is 9.53 Å². The van der Waals surface area contributed by atoms with Crippen LogP contribution in [0.2, 0.25) is 0 Å². The number of rotatable bonds is 4. The van der Waals surface area contributed by atoms with Crippen molar-refractivity contribution >= 4 is 23.7 Å². The number of alkyl halides is 1. The summed E-state index contributed by atoms with van der Waals surface area (Å²) in [5, 5.41) is 10.5. The van der Waals surface area contributed by atoms with Crippen molar-refractivity contribution in [2.24, 2.45) is 0 Å². The molecular weight excluding hydrogens is 186 g/mol. The predicted octanol–water partition coefficient (Wildman–Crippen LogP) is 0.425. The van der Waals surface area contributed by atoms with Gasteiger partial charge in [-0.1, -0.05) is 0 Å². The van der Waals surface area contributed by atoms with Gasteiger partial charge in [-0.3, -0.25) is 4.79 Å². The van der Waals surface area contributed by atoms with Crippen molar-refractivity contribution in [2.45, 2.75) is 13.0 Å². The van der Waals surface area contributed by atoms with Crippen LogP contribution in [0.5, 0.6) is 0 Å². The van der Waals surface area contributed by atoms with Gasteiger partial charge in [0.05, 0.1) is 5.88 Å². The van der Waals surface area contributed by atoms with Crippen LogP contribution in [0.1, 0.15) is 6.92 Å². The lowest BCUT2D eigenvalue weighted by atomic mass is 10.4. The standard InChI is InChI=1S/C6H10ClNO4/c1-4(5(9)10)8-6(11)12-3-2-7/h4H,2-3H2,1H3,(H,8,11)(H,9,10)/t4-/m1/s1. The molecule has 70 valence electrons. The molecule has 5 nitrogen and oxygen atoms in total. The summed E-state index contributed by atoms with van der Waals surface area (Å²) in [6, 6.07) is -0.951. The van der Waals surface area contributed by atoms with Crippen LogP contribution in [0.3, 0.4) is 0 Å². The maximum absolute atomic E-state index is 10.7. The zero-order chi connectivity index (χ0) is 9.56. The zero-order valence-electron chi connectivity index (χ0n) is 6.54. The van der Waals surface area contributed by atoms with Crippen molar-refractivity contribution in [3.63, 3.8) is 0 Å². The molecule has 0 heterocycles. The van der Waals surface area contributed by atoms with Crippen molar-refractivity contribution in [1.82, 2.24) is 5.32 Å². The number of nitrogens with one attached hydrogen (secondary N) is 1. The number of aliphatic carboxylic acids is 1. The Kier molecular flexibility index (Phi) is 5.19. The Morgan fingerprint density at radius 2 is 2.25 bits per heavy atom.